The molecule has 3 nitrogen and oxygen atoms in total. The van der Waals surface area contributed by atoms with E-state index in [0.29, 0.717) is 11.5 Å². The van der Waals surface area contributed by atoms with Crippen molar-refractivity contribution in [2.45, 2.75) is 45.6 Å². The van der Waals surface area contributed by atoms with Crippen molar-refractivity contribution in [3.05, 3.63) is 18.2 Å². The fourth-order valence-electron chi connectivity index (χ4n) is 3.33. The van der Waals surface area contributed by atoms with Gasteiger partial charge in [0.15, 0.2) is 0 Å². The first kappa shape index (κ1) is 12.6. The molecule has 0 bridgehead atoms. The number of anilines is 2. The molecule has 0 amide bonds. The first-order valence-corrected chi connectivity index (χ1v) is 7.49. The number of hydrogen-bond donors (Lipinski definition) is 2. The molecule has 1 aliphatic carbocycles. The molecule has 2 atom stereocenters. The van der Waals surface area contributed by atoms with Gasteiger partial charge in [0.25, 0.3) is 0 Å². The van der Waals surface area contributed by atoms with Crippen LogP contribution in [-0.4, -0.2) is 19.2 Å². The van der Waals surface area contributed by atoms with E-state index in [2.05, 4.69) is 42.7 Å². The summed E-state index contributed by atoms with van der Waals surface area (Å²) >= 11 is 0. The Kier molecular flexibility index (Phi) is 3.29. The van der Waals surface area contributed by atoms with Crippen LogP contribution in [0.5, 0.6) is 5.75 Å². The van der Waals surface area contributed by atoms with Crippen LogP contribution in [0.4, 0.5) is 11.4 Å². The molecule has 3 heteroatoms. The van der Waals surface area contributed by atoms with Crippen LogP contribution < -0.4 is 15.4 Å². The Balaban J connectivity index is 1.89. The number of rotatable bonds is 3. The van der Waals surface area contributed by atoms with E-state index in [1.807, 2.05) is 0 Å². The maximum absolute atomic E-state index is 5.86. The van der Waals surface area contributed by atoms with Crippen molar-refractivity contribution in [1.29, 1.82) is 0 Å². The van der Waals surface area contributed by atoms with Crippen LogP contribution >= 0.6 is 0 Å². The highest BCUT2D eigenvalue weighted by atomic mass is 16.5. The summed E-state index contributed by atoms with van der Waals surface area (Å²) in [7, 11) is 0. The second kappa shape index (κ2) is 4.95. The monoisotopic (exact) mass is 260 g/mol. The molecule has 2 unspecified atom stereocenters. The van der Waals surface area contributed by atoms with Gasteiger partial charge in [0.2, 0.25) is 0 Å². The molecule has 0 spiro atoms. The largest absolute Gasteiger partial charge is 0.491 e. The Morgan fingerprint density at radius 2 is 2.32 bits per heavy atom. The Labute approximate surface area is 115 Å². The summed E-state index contributed by atoms with van der Waals surface area (Å²) in [6.45, 7) is 6.34. The van der Waals surface area contributed by atoms with Crippen LogP contribution in [0.15, 0.2) is 18.2 Å². The lowest BCUT2D eigenvalue weighted by Gasteiger charge is -2.29. The Hall–Kier alpha value is -1.38. The number of hydrogen-bond acceptors (Lipinski definition) is 3. The van der Waals surface area contributed by atoms with Crippen molar-refractivity contribution in [2.75, 3.05) is 23.8 Å². The lowest BCUT2D eigenvalue weighted by molar-refractivity contribution is 0.317. The average molecular weight is 260 g/mol. The van der Waals surface area contributed by atoms with Gasteiger partial charge in [-0.3, -0.25) is 0 Å². The average Bonchev–Trinajstić information content (AvgIpc) is 2.70. The van der Waals surface area contributed by atoms with E-state index in [1.165, 1.54) is 24.9 Å². The van der Waals surface area contributed by atoms with Gasteiger partial charge in [-0.25, -0.2) is 0 Å². The van der Waals surface area contributed by atoms with Crippen LogP contribution in [0.3, 0.4) is 0 Å². The fraction of sp³-hybridized carbons (Fsp3) is 0.625. The van der Waals surface area contributed by atoms with Gasteiger partial charge in [0.05, 0.1) is 12.3 Å². The van der Waals surface area contributed by atoms with Crippen molar-refractivity contribution in [1.82, 2.24) is 0 Å². The molecule has 0 radical (unpaired) electrons. The summed E-state index contributed by atoms with van der Waals surface area (Å²) < 4.78 is 5.86. The molecule has 1 aliphatic heterocycles. The Morgan fingerprint density at radius 1 is 1.42 bits per heavy atom. The second-order valence-electron chi connectivity index (χ2n) is 6.12. The topological polar surface area (TPSA) is 33.3 Å². The summed E-state index contributed by atoms with van der Waals surface area (Å²) in [5.74, 6) is 0.982. The first-order valence-electron chi connectivity index (χ1n) is 7.49. The molecule has 0 aromatic heterocycles. The lowest BCUT2D eigenvalue weighted by Crippen LogP contribution is -2.36. The minimum atomic E-state index is 0.362. The fourth-order valence-corrected chi connectivity index (χ4v) is 3.33. The third kappa shape index (κ3) is 2.26. The molecule has 1 saturated carbocycles. The van der Waals surface area contributed by atoms with Gasteiger partial charge >= 0.3 is 0 Å². The van der Waals surface area contributed by atoms with Crippen molar-refractivity contribution >= 4 is 11.4 Å². The number of para-hydroxylation sites is 1. The van der Waals surface area contributed by atoms with Crippen LogP contribution in [0.1, 0.15) is 39.5 Å². The number of nitrogens with one attached hydrogen (secondary N) is 2. The molecule has 1 heterocycles. The van der Waals surface area contributed by atoms with Gasteiger partial charge < -0.3 is 15.4 Å². The highest BCUT2D eigenvalue weighted by molar-refractivity contribution is 5.77. The Bertz CT molecular complexity index is 460. The van der Waals surface area contributed by atoms with Crippen LogP contribution in [-0.2, 0) is 0 Å². The van der Waals surface area contributed by atoms with E-state index in [-0.39, 0.29) is 0 Å². The predicted octanol–water partition coefficient (Wildman–Crippen LogP) is 3.87. The van der Waals surface area contributed by atoms with E-state index in [9.17, 15) is 0 Å². The van der Waals surface area contributed by atoms with Gasteiger partial charge in [-0.15, -0.1) is 0 Å². The molecule has 104 valence electrons. The van der Waals surface area contributed by atoms with Gasteiger partial charge in [-0.2, -0.15) is 0 Å². The summed E-state index contributed by atoms with van der Waals surface area (Å²) in [6, 6.07) is 6.89. The molecule has 3 rings (SSSR count). The predicted molar refractivity (Wildman–Crippen MR) is 80.1 cm³/mol. The summed E-state index contributed by atoms with van der Waals surface area (Å²) in [5, 5.41) is 7.36. The van der Waals surface area contributed by atoms with Crippen molar-refractivity contribution < 1.29 is 4.74 Å². The number of fused-ring (bicyclic) bond motifs is 2. The molecule has 1 aromatic rings. The molecule has 0 saturated heterocycles. The third-order valence-corrected chi connectivity index (χ3v) is 4.57. The molecule has 1 fully saturated rings. The SMILES string of the molecule is CCCOc1cccc2c1NCC1(C)CCCC1N2. The minimum Gasteiger partial charge on any atom is -0.491 e. The zero-order chi connectivity index (χ0) is 13.3. The molecular formula is C16H24N2O. The molecule has 2 N–H and O–H groups in total. The van der Waals surface area contributed by atoms with Gasteiger partial charge in [0, 0.05) is 18.0 Å². The quantitative estimate of drug-likeness (QED) is 0.865. The number of ether oxygens (including phenoxy) is 1. The summed E-state index contributed by atoms with van der Waals surface area (Å²) in [6.07, 6.45) is 4.95. The second-order valence-corrected chi connectivity index (χ2v) is 6.12. The molecule has 19 heavy (non-hydrogen) atoms. The zero-order valence-electron chi connectivity index (χ0n) is 12.0. The van der Waals surface area contributed by atoms with E-state index >= 15 is 0 Å². The van der Waals surface area contributed by atoms with E-state index < -0.39 is 0 Å². The lowest BCUT2D eigenvalue weighted by atomic mass is 9.85. The van der Waals surface area contributed by atoms with E-state index in [4.69, 9.17) is 4.74 Å². The van der Waals surface area contributed by atoms with Crippen LogP contribution in [0.2, 0.25) is 0 Å². The molecular weight excluding hydrogens is 236 g/mol. The normalized spacial score (nSPS) is 28.6. The molecule has 2 aliphatic rings. The van der Waals surface area contributed by atoms with Crippen molar-refractivity contribution in [3.63, 3.8) is 0 Å². The smallest absolute Gasteiger partial charge is 0.144 e. The maximum Gasteiger partial charge on any atom is 0.144 e. The highest BCUT2D eigenvalue weighted by Gasteiger charge is 2.40. The van der Waals surface area contributed by atoms with Gasteiger partial charge in [-0.05, 0) is 31.4 Å². The number of benzene rings is 1. The first-order chi connectivity index (χ1) is 9.23. The van der Waals surface area contributed by atoms with Crippen molar-refractivity contribution in [3.8, 4) is 5.75 Å². The van der Waals surface area contributed by atoms with E-state index in [0.717, 1.165) is 31.0 Å². The summed E-state index contributed by atoms with van der Waals surface area (Å²) in [5.41, 5.74) is 2.71. The van der Waals surface area contributed by atoms with Gasteiger partial charge in [0.1, 0.15) is 11.4 Å². The summed E-state index contributed by atoms with van der Waals surface area (Å²) in [4.78, 5) is 0. The third-order valence-electron chi connectivity index (χ3n) is 4.57. The van der Waals surface area contributed by atoms with Crippen molar-refractivity contribution in [2.24, 2.45) is 5.41 Å². The van der Waals surface area contributed by atoms with Crippen LogP contribution in [0.25, 0.3) is 0 Å². The molecule has 1 aromatic carbocycles. The highest BCUT2D eigenvalue weighted by Crippen LogP contribution is 2.45. The maximum atomic E-state index is 5.86. The van der Waals surface area contributed by atoms with Gasteiger partial charge in [-0.1, -0.05) is 26.3 Å². The minimum absolute atomic E-state index is 0.362. The van der Waals surface area contributed by atoms with E-state index in [1.54, 1.807) is 0 Å². The zero-order valence-corrected chi connectivity index (χ0v) is 12.0. The Morgan fingerprint density at radius 3 is 3.16 bits per heavy atom. The van der Waals surface area contributed by atoms with Crippen LogP contribution in [0, 0.1) is 5.41 Å². The standard InChI is InChI=1S/C16H24N2O/c1-3-10-19-13-7-4-6-12-15(13)17-11-16(2)9-5-8-14(16)18-12/h4,6-7,14,17-18H,3,5,8-11H2,1-2H3.